The van der Waals surface area contributed by atoms with Crippen molar-refractivity contribution in [1.82, 2.24) is 0 Å². The lowest BCUT2D eigenvalue weighted by atomic mass is 9.46. The molecule has 0 unspecified atom stereocenters. The predicted molar refractivity (Wildman–Crippen MR) is 110 cm³/mol. The molecule has 2 fully saturated rings. The summed E-state index contributed by atoms with van der Waals surface area (Å²) in [6.07, 6.45) is 6.08. The summed E-state index contributed by atoms with van der Waals surface area (Å²) in [5, 5.41) is 40.8. The lowest BCUT2D eigenvalue weighted by Crippen LogP contribution is -2.65. The van der Waals surface area contributed by atoms with Crippen LogP contribution in [-0.2, 0) is 14.3 Å². The molecule has 0 aromatic carbocycles. The molecule has 1 aliphatic heterocycles. The van der Waals surface area contributed by atoms with E-state index < -0.39 is 41.6 Å². The molecule has 1 saturated heterocycles. The molecule has 1 saturated carbocycles. The summed E-state index contributed by atoms with van der Waals surface area (Å²) in [7, 11) is 0. The number of aliphatic hydroxyl groups excluding tert-OH is 3. The van der Waals surface area contributed by atoms with Gasteiger partial charge in [0.2, 0.25) is 0 Å². The maximum absolute atomic E-state index is 12.5. The number of aliphatic hydroxyl groups is 4. The Labute approximate surface area is 177 Å². The van der Waals surface area contributed by atoms with Crippen molar-refractivity contribution in [2.75, 3.05) is 6.61 Å². The minimum atomic E-state index is -1.49. The first kappa shape index (κ1) is 23.2. The van der Waals surface area contributed by atoms with Crippen LogP contribution in [0.25, 0.3) is 0 Å². The molecule has 3 rings (SSSR count). The maximum Gasteiger partial charge on any atom is 0.331 e. The van der Waals surface area contributed by atoms with E-state index >= 15 is 0 Å². The van der Waals surface area contributed by atoms with Crippen molar-refractivity contribution in [3.8, 4) is 0 Å². The standard InChI is InChI=1S/C23H34O7/c1-14(24)16(25)8-5-6-9-18(26)30-17-12-15-13-29-20(27)23(15,28)22(4)11-7-10-21(2,3)19(17)22/h5-6,8-9,12,14,16-17,19-20,24-25,27-28H,7,10-11,13H2,1-4H3/b8-5+,9-6+/t14-,16-,17+,19-,20+,22-,23-/m0/s1. The smallest absolute Gasteiger partial charge is 0.331 e. The number of hydrogen-bond acceptors (Lipinski definition) is 7. The third-order valence-electron chi connectivity index (χ3n) is 7.25. The van der Waals surface area contributed by atoms with E-state index in [1.54, 1.807) is 6.08 Å². The van der Waals surface area contributed by atoms with Crippen LogP contribution in [0, 0.1) is 16.7 Å². The zero-order chi connectivity index (χ0) is 22.3. The van der Waals surface area contributed by atoms with Gasteiger partial charge in [0.15, 0.2) is 6.29 Å². The van der Waals surface area contributed by atoms with Gasteiger partial charge in [-0.1, -0.05) is 45.4 Å². The Balaban J connectivity index is 1.85. The summed E-state index contributed by atoms with van der Waals surface area (Å²) in [4.78, 5) is 12.5. The first-order valence-electron chi connectivity index (χ1n) is 10.6. The van der Waals surface area contributed by atoms with Gasteiger partial charge in [-0.25, -0.2) is 4.79 Å². The minimum absolute atomic E-state index is 0.101. The second kappa shape index (κ2) is 8.20. The molecule has 0 bridgehead atoms. The molecule has 0 radical (unpaired) electrons. The van der Waals surface area contributed by atoms with Crippen LogP contribution in [0.1, 0.15) is 47.0 Å². The third-order valence-corrected chi connectivity index (χ3v) is 7.25. The summed E-state index contributed by atoms with van der Waals surface area (Å²) < 4.78 is 11.2. The molecule has 0 aromatic rings. The number of esters is 1. The molecular formula is C23H34O7. The average Bonchev–Trinajstić information content (AvgIpc) is 2.94. The quantitative estimate of drug-likeness (QED) is 0.230. The summed E-state index contributed by atoms with van der Waals surface area (Å²) in [6, 6.07) is 0. The van der Waals surface area contributed by atoms with E-state index in [0.29, 0.717) is 12.0 Å². The van der Waals surface area contributed by atoms with E-state index in [9.17, 15) is 25.2 Å². The van der Waals surface area contributed by atoms with Gasteiger partial charge in [-0.15, -0.1) is 0 Å². The summed E-state index contributed by atoms with van der Waals surface area (Å²) in [5.41, 5.74) is -1.85. The van der Waals surface area contributed by atoms with E-state index in [1.807, 2.05) is 6.92 Å². The van der Waals surface area contributed by atoms with Crippen molar-refractivity contribution >= 4 is 5.97 Å². The van der Waals surface area contributed by atoms with Gasteiger partial charge in [-0.05, 0) is 36.8 Å². The van der Waals surface area contributed by atoms with Crippen molar-refractivity contribution in [3.63, 3.8) is 0 Å². The SMILES string of the molecule is C[C@H](O)[C@@H](O)/C=C/C=C/C(=O)O[C@@H]1C=C2CO[C@@H](O)[C@]2(O)[C@@]2(C)CCCC(C)(C)[C@H]12. The Morgan fingerprint density at radius 2 is 1.97 bits per heavy atom. The highest BCUT2D eigenvalue weighted by atomic mass is 16.6. The van der Waals surface area contributed by atoms with Gasteiger partial charge in [-0.3, -0.25) is 0 Å². The van der Waals surface area contributed by atoms with Crippen molar-refractivity contribution in [2.45, 2.75) is 77.2 Å². The topological polar surface area (TPSA) is 116 Å². The van der Waals surface area contributed by atoms with Crippen molar-refractivity contribution < 1.29 is 34.7 Å². The van der Waals surface area contributed by atoms with Gasteiger partial charge in [0.05, 0.1) is 18.8 Å². The Morgan fingerprint density at radius 3 is 2.63 bits per heavy atom. The van der Waals surface area contributed by atoms with Gasteiger partial charge >= 0.3 is 5.97 Å². The summed E-state index contributed by atoms with van der Waals surface area (Å²) in [5.74, 6) is -0.740. The van der Waals surface area contributed by atoms with Crippen LogP contribution in [0.2, 0.25) is 0 Å². The average molecular weight is 423 g/mol. The number of hydrogen-bond donors (Lipinski definition) is 4. The number of ether oxygens (including phenoxy) is 2. The highest BCUT2D eigenvalue weighted by Gasteiger charge is 2.68. The number of rotatable bonds is 5. The van der Waals surface area contributed by atoms with Gasteiger partial charge in [-0.2, -0.15) is 0 Å². The number of allylic oxidation sites excluding steroid dienone is 2. The van der Waals surface area contributed by atoms with Crippen LogP contribution < -0.4 is 0 Å². The molecule has 7 nitrogen and oxygen atoms in total. The van der Waals surface area contributed by atoms with E-state index in [4.69, 9.17) is 9.47 Å². The maximum atomic E-state index is 12.5. The highest BCUT2D eigenvalue weighted by Crippen LogP contribution is 2.63. The second-order valence-electron chi connectivity index (χ2n) is 9.74. The number of carbonyl (C=O) groups excluding carboxylic acids is 1. The molecule has 30 heavy (non-hydrogen) atoms. The normalized spacial score (nSPS) is 40.0. The lowest BCUT2D eigenvalue weighted by molar-refractivity contribution is -0.244. The third kappa shape index (κ3) is 3.78. The van der Waals surface area contributed by atoms with Crippen molar-refractivity contribution in [1.29, 1.82) is 0 Å². The molecular weight excluding hydrogens is 388 g/mol. The lowest BCUT2D eigenvalue weighted by Gasteiger charge is -2.60. The van der Waals surface area contributed by atoms with E-state index in [1.165, 1.54) is 31.2 Å². The fourth-order valence-corrected chi connectivity index (χ4v) is 5.74. The van der Waals surface area contributed by atoms with Crippen molar-refractivity contribution in [3.05, 3.63) is 36.0 Å². The molecule has 4 N–H and O–H groups in total. The Bertz CT molecular complexity index is 753. The van der Waals surface area contributed by atoms with Crippen LogP contribution in [0.3, 0.4) is 0 Å². The van der Waals surface area contributed by atoms with Gasteiger partial charge in [0.25, 0.3) is 0 Å². The van der Waals surface area contributed by atoms with Gasteiger partial charge in [0.1, 0.15) is 11.7 Å². The number of carbonyl (C=O) groups is 1. The van der Waals surface area contributed by atoms with E-state index in [0.717, 1.165) is 12.8 Å². The van der Waals surface area contributed by atoms with Crippen LogP contribution in [-0.4, -0.2) is 63.2 Å². The summed E-state index contributed by atoms with van der Waals surface area (Å²) in [6.45, 7) is 7.74. The van der Waals surface area contributed by atoms with E-state index in [2.05, 4.69) is 13.8 Å². The molecule has 1 heterocycles. The van der Waals surface area contributed by atoms with Gasteiger partial charge in [0, 0.05) is 17.4 Å². The minimum Gasteiger partial charge on any atom is -0.455 e. The first-order valence-corrected chi connectivity index (χ1v) is 10.6. The van der Waals surface area contributed by atoms with Gasteiger partial charge < -0.3 is 29.9 Å². The zero-order valence-corrected chi connectivity index (χ0v) is 18.1. The highest BCUT2D eigenvalue weighted by molar-refractivity contribution is 5.82. The summed E-state index contributed by atoms with van der Waals surface area (Å²) >= 11 is 0. The predicted octanol–water partition coefficient (Wildman–Crippen LogP) is 1.60. The molecule has 0 aromatic heterocycles. The largest absolute Gasteiger partial charge is 0.455 e. The molecule has 3 aliphatic rings. The van der Waals surface area contributed by atoms with Crippen LogP contribution in [0.5, 0.6) is 0 Å². The van der Waals surface area contributed by atoms with E-state index in [-0.39, 0.29) is 17.9 Å². The zero-order valence-electron chi connectivity index (χ0n) is 18.1. The molecule has 7 heteroatoms. The molecule has 7 atom stereocenters. The first-order chi connectivity index (χ1) is 13.9. The second-order valence-corrected chi connectivity index (χ2v) is 9.74. The monoisotopic (exact) mass is 422 g/mol. The molecule has 168 valence electrons. The Hall–Kier alpha value is -1.51. The van der Waals surface area contributed by atoms with Crippen molar-refractivity contribution in [2.24, 2.45) is 16.7 Å². The molecule has 0 spiro atoms. The van der Waals surface area contributed by atoms with Crippen LogP contribution in [0.4, 0.5) is 0 Å². The Kier molecular flexibility index (Phi) is 6.33. The Morgan fingerprint density at radius 1 is 1.27 bits per heavy atom. The fraction of sp³-hybridized carbons (Fsp3) is 0.696. The molecule has 2 aliphatic carbocycles. The molecule has 0 amide bonds. The fourth-order valence-electron chi connectivity index (χ4n) is 5.74. The van der Waals surface area contributed by atoms with Crippen LogP contribution >= 0.6 is 0 Å². The number of fused-ring (bicyclic) bond motifs is 3. The van der Waals surface area contributed by atoms with Crippen LogP contribution in [0.15, 0.2) is 36.0 Å².